The van der Waals surface area contributed by atoms with E-state index in [-0.39, 0.29) is 5.91 Å². The summed E-state index contributed by atoms with van der Waals surface area (Å²) in [5.74, 6) is 0.592. The molecule has 0 fully saturated rings. The Balaban J connectivity index is 1.72. The minimum atomic E-state index is -0.199. The third-order valence-corrected chi connectivity index (χ3v) is 4.22. The van der Waals surface area contributed by atoms with Gasteiger partial charge in [0.05, 0.1) is 19.0 Å². The molecule has 25 heavy (non-hydrogen) atoms. The molecule has 0 spiro atoms. The summed E-state index contributed by atoms with van der Waals surface area (Å²) in [7, 11) is 1.63. The maximum atomic E-state index is 12.4. The molecule has 2 aromatic heterocycles. The van der Waals surface area contributed by atoms with Gasteiger partial charge < -0.3 is 10.1 Å². The Morgan fingerprint density at radius 3 is 2.64 bits per heavy atom. The van der Waals surface area contributed by atoms with Gasteiger partial charge in [-0.25, -0.2) is 0 Å². The van der Waals surface area contributed by atoms with Gasteiger partial charge in [0.25, 0.3) is 5.91 Å². The van der Waals surface area contributed by atoms with E-state index in [0.717, 1.165) is 40.2 Å². The largest absolute Gasteiger partial charge is 0.497 e. The number of hydrogen-bond donors (Lipinski definition) is 3. The Kier molecular flexibility index (Phi) is 4.83. The first-order chi connectivity index (χ1) is 12.1. The molecular weight excluding hydrogens is 318 g/mol. The number of H-pyrrole nitrogens is 2. The third kappa shape index (κ3) is 3.40. The van der Waals surface area contributed by atoms with E-state index in [4.69, 9.17) is 4.74 Å². The predicted octanol–water partition coefficient (Wildman–Crippen LogP) is 2.61. The molecular formula is C18H21N5O2. The van der Waals surface area contributed by atoms with Gasteiger partial charge in [0.15, 0.2) is 5.69 Å². The normalized spacial score (nSPS) is 10.7. The molecule has 3 N–H and O–H groups in total. The highest BCUT2D eigenvalue weighted by atomic mass is 16.5. The van der Waals surface area contributed by atoms with Crippen molar-refractivity contribution in [1.82, 2.24) is 25.7 Å². The summed E-state index contributed by atoms with van der Waals surface area (Å²) in [4.78, 5) is 12.4. The molecule has 130 valence electrons. The zero-order chi connectivity index (χ0) is 17.8. The van der Waals surface area contributed by atoms with E-state index in [0.29, 0.717) is 12.2 Å². The van der Waals surface area contributed by atoms with Crippen molar-refractivity contribution in [2.45, 2.75) is 26.8 Å². The van der Waals surface area contributed by atoms with Gasteiger partial charge in [-0.05, 0) is 37.6 Å². The van der Waals surface area contributed by atoms with E-state index in [1.807, 2.05) is 38.1 Å². The average Bonchev–Trinajstić information content (AvgIpc) is 3.26. The minimum absolute atomic E-state index is 0.199. The molecule has 0 aliphatic carbocycles. The molecule has 1 aromatic carbocycles. The first kappa shape index (κ1) is 16.8. The number of rotatable bonds is 6. The number of carbonyl (C=O) groups is 1. The molecule has 0 atom stereocenters. The van der Waals surface area contributed by atoms with Crippen molar-refractivity contribution < 1.29 is 9.53 Å². The van der Waals surface area contributed by atoms with Crippen LogP contribution in [0.2, 0.25) is 0 Å². The van der Waals surface area contributed by atoms with Crippen molar-refractivity contribution in [3.05, 3.63) is 53.0 Å². The van der Waals surface area contributed by atoms with Gasteiger partial charge in [-0.3, -0.25) is 15.0 Å². The zero-order valence-corrected chi connectivity index (χ0v) is 14.5. The molecule has 0 aliphatic rings. The number of ether oxygens (including phenoxy) is 1. The number of aryl methyl sites for hydroxylation is 1. The van der Waals surface area contributed by atoms with Crippen molar-refractivity contribution in [3.63, 3.8) is 0 Å². The highest BCUT2D eigenvalue weighted by Gasteiger charge is 2.16. The molecule has 3 aromatic rings. The fraction of sp³-hybridized carbons (Fsp3) is 0.278. The molecule has 2 heterocycles. The highest BCUT2D eigenvalue weighted by molar-refractivity contribution is 5.93. The van der Waals surface area contributed by atoms with E-state index in [1.165, 1.54) is 0 Å². The summed E-state index contributed by atoms with van der Waals surface area (Å²) in [6.45, 7) is 4.29. The summed E-state index contributed by atoms with van der Waals surface area (Å²) in [5.41, 5.74) is 5.06. The number of amides is 1. The fourth-order valence-electron chi connectivity index (χ4n) is 2.71. The SMILES string of the molecule is CCc1[nH]nc(C(=O)NCc2cn[nH]c2-c2ccc(OC)cc2)c1C. The zero-order valence-electron chi connectivity index (χ0n) is 14.5. The van der Waals surface area contributed by atoms with Crippen molar-refractivity contribution in [2.75, 3.05) is 7.11 Å². The van der Waals surface area contributed by atoms with Gasteiger partial charge in [-0.1, -0.05) is 6.92 Å². The van der Waals surface area contributed by atoms with Crippen LogP contribution < -0.4 is 10.1 Å². The molecule has 0 unspecified atom stereocenters. The van der Waals surface area contributed by atoms with E-state index in [9.17, 15) is 4.79 Å². The second kappa shape index (κ2) is 7.21. The number of nitrogens with one attached hydrogen (secondary N) is 3. The van der Waals surface area contributed by atoms with Gasteiger partial charge in [-0.15, -0.1) is 0 Å². The van der Waals surface area contributed by atoms with Crippen LogP contribution in [0.25, 0.3) is 11.3 Å². The second-order valence-electron chi connectivity index (χ2n) is 5.71. The molecule has 0 saturated carbocycles. The third-order valence-electron chi connectivity index (χ3n) is 4.22. The number of aromatic amines is 2. The fourth-order valence-corrected chi connectivity index (χ4v) is 2.71. The Hall–Kier alpha value is -3.09. The lowest BCUT2D eigenvalue weighted by Gasteiger charge is -2.06. The van der Waals surface area contributed by atoms with Crippen LogP contribution in [0.1, 0.15) is 34.2 Å². The van der Waals surface area contributed by atoms with E-state index < -0.39 is 0 Å². The van der Waals surface area contributed by atoms with Crippen LogP contribution >= 0.6 is 0 Å². The quantitative estimate of drug-likeness (QED) is 0.643. The number of carbonyl (C=O) groups excluding carboxylic acids is 1. The predicted molar refractivity (Wildman–Crippen MR) is 94.4 cm³/mol. The number of nitrogens with zero attached hydrogens (tertiary/aromatic N) is 2. The first-order valence-electron chi connectivity index (χ1n) is 8.12. The van der Waals surface area contributed by atoms with Crippen LogP contribution in [0, 0.1) is 6.92 Å². The number of hydrogen-bond acceptors (Lipinski definition) is 4. The molecule has 7 nitrogen and oxygen atoms in total. The molecule has 0 saturated heterocycles. The van der Waals surface area contributed by atoms with Gasteiger partial charge in [0, 0.05) is 28.9 Å². The van der Waals surface area contributed by atoms with Gasteiger partial charge in [-0.2, -0.15) is 10.2 Å². The Morgan fingerprint density at radius 2 is 2.00 bits per heavy atom. The molecule has 0 radical (unpaired) electrons. The van der Waals surface area contributed by atoms with Gasteiger partial charge >= 0.3 is 0 Å². The molecule has 0 bridgehead atoms. The van der Waals surface area contributed by atoms with Gasteiger partial charge in [0.2, 0.25) is 0 Å². The monoisotopic (exact) mass is 339 g/mol. The number of benzene rings is 1. The standard InChI is InChI=1S/C18H21N5O2/c1-4-15-11(2)16(23-21-15)18(24)19-9-13-10-20-22-17(13)12-5-7-14(25-3)8-6-12/h5-8,10H,4,9H2,1-3H3,(H,19,24)(H,20,22)(H,21,23). The smallest absolute Gasteiger partial charge is 0.272 e. The number of methoxy groups -OCH3 is 1. The summed E-state index contributed by atoms with van der Waals surface area (Å²) in [6.07, 6.45) is 2.53. The average molecular weight is 339 g/mol. The van der Waals surface area contributed by atoms with Crippen LogP contribution in [-0.2, 0) is 13.0 Å². The van der Waals surface area contributed by atoms with E-state index in [2.05, 4.69) is 25.7 Å². The van der Waals surface area contributed by atoms with E-state index >= 15 is 0 Å². The maximum absolute atomic E-state index is 12.4. The van der Waals surface area contributed by atoms with Crippen molar-refractivity contribution >= 4 is 5.91 Å². The lowest BCUT2D eigenvalue weighted by atomic mass is 10.1. The lowest BCUT2D eigenvalue weighted by molar-refractivity contribution is 0.0945. The lowest BCUT2D eigenvalue weighted by Crippen LogP contribution is -2.24. The van der Waals surface area contributed by atoms with Crippen LogP contribution in [0.4, 0.5) is 0 Å². The number of aromatic nitrogens is 4. The first-order valence-corrected chi connectivity index (χ1v) is 8.12. The second-order valence-corrected chi connectivity index (χ2v) is 5.71. The summed E-state index contributed by atoms with van der Waals surface area (Å²) in [5, 5.41) is 17.0. The van der Waals surface area contributed by atoms with Crippen LogP contribution in [0.5, 0.6) is 5.75 Å². The molecule has 7 heteroatoms. The summed E-state index contributed by atoms with van der Waals surface area (Å²) in [6, 6.07) is 7.67. The summed E-state index contributed by atoms with van der Waals surface area (Å²) >= 11 is 0. The van der Waals surface area contributed by atoms with Gasteiger partial charge in [0.1, 0.15) is 5.75 Å². The van der Waals surface area contributed by atoms with Crippen LogP contribution in [0.15, 0.2) is 30.5 Å². The Labute approximate surface area is 145 Å². The summed E-state index contributed by atoms with van der Waals surface area (Å²) < 4.78 is 5.17. The Morgan fingerprint density at radius 1 is 1.24 bits per heavy atom. The maximum Gasteiger partial charge on any atom is 0.272 e. The van der Waals surface area contributed by atoms with Crippen molar-refractivity contribution in [2.24, 2.45) is 0 Å². The van der Waals surface area contributed by atoms with E-state index in [1.54, 1.807) is 13.3 Å². The molecule has 0 aliphatic heterocycles. The van der Waals surface area contributed by atoms with Crippen molar-refractivity contribution in [3.8, 4) is 17.0 Å². The molecule has 1 amide bonds. The highest BCUT2D eigenvalue weighted by Crippen LogP contribution is 2.23. The van der Waals surface area contributed by atoms with Crippen LogP contribution in [0.3, 0.4) is 0 Å². The minimum Gasteiger partial charge on any atom is -0.497 e. The topological polar surface area (TPSA) is 95.7 Å². The molecule has 3 rings (SSSR count). The van der Waals surface area contributed by atoms with Crippen molar-refractivity contribution in [1.29, 1.82) is 0 Å². The van der Waals surface area contributed by atoms with Crippen LogP contribution in [-0.4, -0.2) is 33.4 Å². The Bertz CT molecular complexity index is 864.